The zero-order valence-corrected chi connectivity index (χ0v) is 13.7. The largest absolute Gasteiger partial charge is 0.480 e. The van der Waals surface area contributed by atoms with Crippen LogP contribution in [0.15, 0.2) is 22.7 Å². The van der Waals surface area contributed by atoms with Crippen LogP contribution in [0, 0.1) is 6.92 Å². The number of carboxylic acids is 1. The Morgan fingerprint density at radius 1 is 1.48 bits per heavy atom. The Bertz CT molecular complexity index is 576. The number of aryl methyl sites for hydroxylation is 1. The number of aliphatic carboxylic acids is 1. The molecule has 2 N–H and O–H groups in total. The second kappa shape index (κ2) is 6.15. The van der Waals surface area contributed by atoms with E-state index < -0.39 is 11.5 Å². The van der Waals surface area contributed by atoms with Crippen molar-refractivity contribution in [2.45, 2.75) is 32.2 Å². The lowest BCUT2D eigenvalue weighted by Gasteiger charge is -2.30. The van der Waals surface area contributed by atoms with Crippen LogP contribution in [-0.2, 0) is 9.59 Å². The van der Waals surface area contributed by atoms with E-state index in [1.54, 1.807) is 11.8 Å². The molecule has 1 unspecified atom stereocenters. The Morgan fingerprint density at radius 2 is 2.19 bits per heavy atom. The average molecular weight is 355 g/mol. The third-order valence-electron chi connectivity index (χ3n) is 3.98. The number of carbonyl (C=O) groups is 2. The van der Waals surface area contributed by atoms with Crippen molar-refractivity contribution in [3.63, 3.8) is 0 Å². The fraction of sp³-hybridized carbons (Fsp3) is 0.467. The maximum Gasteiger partial charge on any atom is 0.323 e. The van der Waals surface area contributed by atoms with E-state index in [4.69, 9.17) is 0 Å². The molecule has 0 radical (unpaired) electrons. The molecular weight excluding hydrogens is 336 g/mol. The number of anilines is 1. The van der Waals surface area contributed by atoms with Crippen LogP contribution in [0.25, 0.3) is 0 Å². The van der Waals surface area contributed by atoms with Gasteiger partial charge >= 0.3 is 5.97 Å². The fourth-order valence-electron chi connectivity index (χ4n) is 2.60. The van der Waals surface area contributed by atoms with Gasteiger partial charge in [0.1, 0.15) is 5.54 Å². The molecule has 1 aromatic carbocycles. The minimum absolute atomic E-state index is 0.0864. The van der Waals surface area contributed by atoms with Gasteiger partial charge in [0, 0.05) is 4.47 Å². The summed E-state index contributed by atoms with van der Waals surface area (Å²) in [6.45, 7) is 4.37. The lowest BCUT2D eigenvalue weighted by Crippen LogP contribution is -2.50. The van der Waals surface area contributed by atoms with Gasteiger partial charge in [-0.2, -0.15) is 0 Å². The normalized spacial score (nSPS) is 22.2. The Balaban J connectivity index is 2.03. The van der Waals surface area contributed by atoms with Gasteiger partial charge in [-0.3, -0.25) is 14.5 Å². The van der Waals surface area contributed by atoms with Crippen molar-refractivity contribution in [1.82, 2.24) is 4.90 Å². The van der Waals surface area contributed by atoms with Gasteiger partial charge in [-0.15, -0.1) is 0 Å². The lowest BCUT2D eigenvalue weighted by atomic mass is 9.99. The number of amides is 1. The Labute approximate surface area is 132 Å². The monoisotopic (exact) mass is 354 g/mol. The van der Waals surface area contributed by atoms with Crippen LogP contribution >= 0.6 is 15.9 Å². The van der Waals surface area contributed by atoms with Gasteiger partial charge in [-0.1, -0.05) is 6.07 Å². The summed E-state index contributed by atoms with van der Waals surface area (Å²) >= 11 is 3.41. The van der Waals surface area contributed by atoms with Crippen LogP contribution in [0.3, 0.4) is 0 Å². The van der Waals surface area contributed by atoms with Crippen molar-refractivity contribution in [2.24, 2.45) is 0 Å². The van der Waals surface area contributed by atoms with E-state index in [0.717, 1.165) is 16.5 Å². The highest BCUT2D eigenvalue weighted by Gasteiger charge is 2.43. The lowest BCUT2D eigenvalue weighted by molar-refractivity contribution is -0.149. The van der Waals surface area contributed by atoms with Crippen LogP contribution in [0.1, 0.15) is 25.3 Å². The smallest absolute Gasteiger partial charge is 0.323 e. The summed E-state index contributed by atoms with van der Waals surface area (Å²) in [5.74, 6) is -1.07. The van der Waals surface area contributed by atoms with Gasteiger partial charge in [0.15, 0.2) is 0 Å². The number of nitrogens with one attached hydrogen (secondary N) is 1. The number of benzene rings is 1. The summed E-state index contributed by atoms with van der Waals surface area (Å²) in [5.41, 5.74) is 0.849. The molecule has 0 bridgehead atoms. The van der Waals surface area contributed by atoms with E-state index in [-0.39, 0.29) is 12.5 Å². The molecule has 0 aromatic heterocycles. The van der Waals surface area contributed by atoms with E-state index in [1.165, 1.54) is 0 Å². The molecule has 114 valence electrons. The SMILES string of the molecule is Cc1ccc(NC(=O)CN2CCCC2(C)C(=O)O)c(Br)c1. The molecule has 1 aliphatic heterocycles. The van der Waals surface area contributed by atoms with Crippen molar-refractivity contribution in [3.8, 4) is 0 Å². The summed E-state index contributed by atoms with van der Waals surface area (Å²) in [4.78, 5) is 25.3. The standard InChI is InChI=1S/C15H19BrN2O3/c1-10-4-5-12(11(16)8-10)17-13(19)9-18-7-3-6-15(18,2)14(20)21/h4-5,8H,3,6-7,9H2,1-2H3,(H,17,19)(H,20,21). The summed E-state index contributed by atoms with van der Waals surface area (Å²) in [7, 11) is 0. The first-order valence-corrected chi connectivity index (χ1v) is 7.67. The topological polar surface area (TPSA) is 69.6 Å². The number of carbonyl (C=O) groups excluding carboxylic acids is 1. The molecule has 21 heavy (non-hydrogen) atoms. The number of rotatable bonds is 4. The van der Waals surface area contributed by atoms with Crippen molar-refractivity contribution < 1.29 is 14.7 Å². The molecule has 1 saturated heterocycles. The summed E-state index contributed by atoms with van der Waals surface area (Å²) in [6.07, 6.45) is 1.37. The van der Waals surface area contributed by atoms with Gasteiger partial charge in [0.25, 0.3) is 0 Å². The first-order chi connectivity index (χ1) is 9.83. The Morgan fingerprint density at radius 3 is 2.81 bits per heavy atom. The molecule has 0 spiro atoms. The quantitative estimate of drug-likeness (QED) is 0.871. The average Bonchev–Trinajstić information content (AvgIpc) is 2.76. The number of likely N-dealkylation sites (tertiary alicyclic amines) is 1. The first-order valence-electron chi connectivity index (χ1n) is 6.87. The minimum Gasteiger partial charge on any atom is -0.480 e. The maximum absolute atomic E-state index is 12.1. The minimum atomic E-state index is -0.943. The highest BCUT2D eigenvalue weighted by molar-refractivity contribution is 9.10. The number of hydrogen-bond donors (Lipinski definition) is 2. The Kier molecular flexibility index (Phi) is 4.68. The number of carboxylic acid groups (broad SMARTS) is 1. The van der Waals surface area contributed by atoms with Gasteiger partial charge in [-0.05, 0) is 66.9 Å². The molecular formula is C15H19BrN2O3. The Hall–Kier alpha value is -1.40. The van der Waals surface area contributed by atoms with Gasteiger partial charge < -0.3 is 10.4 Å². The van der Waals surface area contributed by atoms with E-state index in [1.807, 2.05) is 25.1 Å². The molecule has 1 heterocycles. The molecule has 1 amide bonds. The van der Waals surface area contributed by atoms with Crippen LogP contribution in [-0.4, -0.2) is 40.5 Å². The van der Waals surface area contributed by atoms with Crippen LogP contribution in [0.4, 0.5) is 5.69 Å². The molecule has 5 nitrogen and oxygen atoms in total. The van der Waals surface area contributed by atoms with Crippen molar-refractivity contribution in [3.05, 3.63) is 28.2 Å². The number of hydrogen-bond acceptors (Lipinski definition) is 3. The second-order valence-electron chi connectivity index (χ2n) is 5.64. The predicted octanol–water partition coefficient (Wildman–Crippen LogP) is 2.64. The maximum atomic E-state index is 12.1. The van der Waals surface area contributed by atoms with Crippen LogP contribution in [0.2, 0.25) is 0 Å². The van der Waals surface area contributed by atoms with Crippen LogP contribution in [0.5, 0.6) is 0 Å². The van der Waals surface area contributed by atoms with Gasteiger partial charge in [0.05, 0.1) is 12.2 Å². The van der Waals surface area contributed by atoms with Crippen molar-refractivity contribution in [1.29, 1.82) is 0 Å². The van der Waals surface area contributed by atoms with E-state index in [2.05, 4.69) is 21.2 Å². The molecule has 0 saturated carbocycles. The third kappa shape index (κ3) is 3.44. The zero-order valence-electron chi connectivity index (χ0n) is 12.1. The molecule has 1 fully saturated rings. The van der Waals surface area contributed by atoms with Gasteiger partial charge in [-0.25, -0.2) is 0 Å². The summed E-state index contributed by atoms with van der Waals surface area (Å²) in [6, 6.07) is 5.67. The first kappa shape index (κ1) is 16.0. The molecule has 6 heteroatoms. The number of halogens is 1. The molecule has 2 rings (SSSR count). The molecule has 1 atom stereocenters. The van der Waals surface area contributed by atoms with Crippen molar-refractivity contribution >= 4 is 33.5 Å². The highest BCUT2D eigenvalue weighted by atomic mass is 79.9. The predicted molar refractivity (Wildman–Crippen MR) is 84.4 cm³/mol. The second-order valence-corrected chi connectivity index (χ2v) is 6.49. The molecule has 1 aromatic rings. The van der Waals surface area contributed by atoms with Crippen LogP contribution < -0.4 is 5.32 Å². The van der Waals surface area contributed by atoms with E-state index >= 15 is 0 Å². The zero-order chi connectivity index (χ0) is 15.6. The van der Waals surface area contributed by atoms with E-state index in [0.29, 0.717) is 18.7 Å². The van der Waals surface area contributed by atoms with E-state index in [9.17, 15) is 14.7 Å². The summed E-state index contributed by atoms with van der Waals surface area (Å²) < 4.78 is 0.818. The fourth-order valence-corrected chi connectivity index (χ4v) is 3.19. The third-order valence-corrected chi connectivity index (χ3v) is 4.64. The van der Waals surface area contributed by atoms with Crippen molar-refractivity contribution in [2.75, 3.05) is 18.4 Å². The van der Waals surface area contributed by atoms with Gasteiger partial charge in [0.2, 0.25) is 5.91 Å². The highest BCUT2D eigenvalue weighted by Crippen LogP contribution is 2.29. The summed E-state index contributed by atoms with van der Waals surface area (Å²) in [5, 5.41) is 12.2. The molecule has 0 aliphatic carbocycles. The number of nitrogens with zero attached hydrogens (tertiary/aromatic N) is 1. The molecule has 1 aliphatic rings.